The van der Waals surface area contributed by atoms with E-state index in [0.717, 1.165) is 17.5 Å². The molecule has 0 aliphatic rings. The van der Waals surface area contributed by atoms with E-state index in [1.165, 1.54) is 0 Å². The fourth-order valence-electron chi connectivity index (χ4n) is 2.00. The van der Waals surface area contributed by atoms with Crippen molar-refractivity contribution in [2.45, 2.75) is 27.2 Å². The Morgan fingerprint density at radius 2 is 1.95 bits per heavy atom. The second-order valence-electron chi connectivity index (χ2n) is 5.58. The molecule has 0 radical (unpaired) electrons. The van der Waals surface area contributed by atoms with E-state index in [1.54, 1.807) is 6.20 Å². The zero-order valence-electron chi connectivity index (χ0n) is 13.3. The third kappa shape index (κ3) is 4.55. The Labute approximate surface area is 132 Å². The number of carbonyl (C=O) groups is 1. The lowest BCUT2D eigenvalue weighted by molar-refractivity contribution is 0.102. The van der Waals surface area contributed by atoms with Crippen molar-refractivity contribution in [3.8, 4) is 0 Å². The Bertz CT molecular complexity index is 657. The Balaban J connectivity index is 2.06. The van der Waals surface area contributed by atoms with Crippen LogP contribution in [0.15, 0.2) is 48.7 Å². The number of rotatable bonds is 5. The van der Waals surface area contributed by atoms with Gasteiger partial charge in [-0.25, -0.2) is 4.98 Å². The van der Waals surface area contributed by atoms with Crippen LogP contribution in [-0.2, 0) is 6.42 Å². The lowest BCUT2D eigenvalue weighted by Gasteiger charge is -2.06. The lowest BCUT2D eigenvalue weighted by Crippen LogP contribution is -2.13. The molecule has 1 heterocycles. The maximum atomic E-state index is 12.2. The normalized spacial score (nSPS) is 11.1. The number of anilines is 1. The number of allylic oxidation sites excluding steroid dienone is 1. The first-order valence-electron chi connectivity index (χ1n) is 7.63. The third-order valence-corrected chi connectivity index (χ3v) is 3.32. The highest BCUT2D eigenvalue weighted by Gasteiger charge is 2.06. The van der Waals surface area contributed by atoms with Crippen LogP contribution in [0.25, 0.3) is 6.08 Å². The monoisotopic (exact) mass is 294 g/mol. The Kier molecular flexibility index (Phi) is 5.48. The molecule has 0 saturated heterocycles. The topological polar surface area (TPSA) is 42.0 Å². The summed E-state index contributed by atoms with van der Waals surface area (Å²) >= 11 is 0. The molecule has 1 amide bonds. The summed E-state index contributed by atoms with van der Waals surface area (Å²) in [6.07, 6.45) is 6.84. The van der Waals surface area contributed by atoms with E-state index in [9.17, 15) is 4.79 Å². The molecule has 1 aromatic carbocycles. The van der Waals surface area contributed by atoms with Crippen molar-refractivity contribution in [2.24, 2.45) is 5.92 Å². The molecule has 1 N–H and O–H groups in total. The molecule has 1 aromatic heterocycles. The summed E-state index contributed by atoms with van der Waals surface area (Å²) < 4.78 is 0. The Morgan fingerprint density at radius 3 is 2.59 bits per heavy atom. The molecule has 2 aromatic rings. The van der Waals surface area contributed by atoms with Crippen molar-refractivity contribution in [1.82, 2.24) is 4.98 Å². The number of benzene rings is 1. The van der Waals surface area contributed by atoms with Crippen molar-refractivity contribution in [3.63, 3.8) is 0 Å². The number of nitrogens with one attached hydrogen (secondary N) is 1. The Hall–Kier alpha value is -2.42. The average Bonchev–Trinajstić information content (AvgIpc) is 2.53. The highest BCUT2D eigenvalue weighted by atomic mass is 16.1. The first-order chi connectivity index (χ1) is 10.6. The molecule has 3 heteroatoms. The summed E-state index contributed by atoms with van der Waals surface area (Å²) in [5, 5.41) is 2.83. The number of aromatic nitrogens is 1. The van der Waals surface area contributed by atoms with Gasteiger partial charge in [0, 0.05) is 11.8 Å². The van der Waals surface area contributed by atoms with Crippen LogP contribution in [-0.4, -0.2) is 10.9 Å². The average molecular weight is 294 g/mol. The van der Waals surface area contributed by atoms with Gasteiger partial charge in [-0.2, -0.15) is 0 Å². The molecular formula is C19H22N2O. The van der Waals surface area contributed by atoms with Crippen molar-refractivity contribution in [3.05, 3.63) is 65.4 Å². The predicted octanol–water partition coefficient (Wildman–Crippen LogP) is 4.57. The zero-order chi connectivity index (χ0) is 15.9. The molecule has 0 atom stereocenters. The summed E-state index contributed by atoms with van der Waals surface area (Å²) in [6.45, 7) is 6.34. The first-order valence-corrected chi connectivity index (χ1v) is 7.63. The smallest absolute Gasteiger partial charge is 0.256 e. The maximum absolute atomic E-state index is 12.2. The summed E-state index contributed by atoms with van der Waals surface area (Å²) in [5.41, 5.74) is 2.88. The molecule has 22 heavy (non-hydrogen) atoms. The van der Waals surface area contributed by atoms with Crippen molar-refractivity contribution >= 4 is 17.8 Å². The summed E-state index contributed by atoms with van der Waals surface area (Å²) in [4.78, 5) is 16.4. The summed E-state index contributed by atoms with van der Waals surface area (Å²) in [5.74, 6) is 0.966. The van der Waals surface area contributed by atoms with E-state index in [4.69, 9.17) is 0 Å². The number of nitrogens with zero attached hydrogens (tertiary/aromatic N) is 1. The van der Waals surface area contributed by atoms with Gasteiger partial charge in [0.1, 0.15) is 5.82 Å². The van der Waals surface area contributed by atoms with E-state index in [-0.39, 0.29) is 5.91 Å². The molecule has 0 unspecified atom stereocenters. The van der Waals surface area contributed by atoms with E-state index in [1.807, 2.05) is 36.4 Å². The van der Waals surface area contributed by atoms with Gasteiger partial charge in [-0.05, 0) is 47.7 Å². The summed E-state index contributed by atoms with van der Waals surface area (Å²) in [7, 11) is 0. The molecule has 0 bridgehead atoms. The number of pyridine rings is 1. The minimum absolute atomic E-state index is 0.139. The largest absolute Gasteiger partial charge is 0.307 e. The van der Waals surface area contributed by atoms with Crippen LogP contribution in [0.1, 0.15) is 42.3 Å². The van der Waals surface area contributed by atoms with Crippen LogP contribution in [0.3, 0.4) is 0 Å². The molecular weight excluding hydrogens is 272 g/mol. The fraction of sp³-hybridized carbons (Fsp3) is 0.263. The van der Waals surface area contributed by atoms with Gasteiger partial charge >= 0.3 is 0 Å². The van der Waals surface area contributed by atoms with Crippen LogP contribution >= 0.6 is 0 Å². The Morgan fingerprint density at radius 1 is 1.23 bits per heavy atom. The van der Waals surface area contributed by atoms with Gasteiger partial charge < -0.3 is 5.32 Å². The van der Waals surface area contributed by atoms with Gasteiger partial charge in [0.05, 0.1) is 0 Å². The number of hydrogen-bond donors (Lipinski definition) is 1. The second-order valence-corrected chi connectivity index (χ2v) is 5.58. The van der Waals surface area contributed by atoms with Gasteiger partial charge in [-0.3, -0.25) is 4.79 Å². The zero-order valence-corrected chi connectivity index (χ0v) is 13.3. The van der Waals surface area contributed by atoms with Crippen LogP contribution < -0.4 is 5.32 Å². The predicted molar refractivity (Wildman–Crippen MR) is 91.9 cm³/mol. The number of hydrogen-bond acceptors (Lipinski definition) is 2. The first kappa shape index (κ1) is 16.0. The van der Waals surface area contributed by atoms with Crippen molar-refractivity contribution < 1.29 is 4.79 Å². The van der Waals surface area contributed by atoms with Crippen molar-refractivity contribution in [1.29, 1.82) is 0 Å². The SMILES string of the molecule is CCc1ccnc(NC(=O)c2ccc(C=CC(C)C)cc2)c1. The van der Waals surface area contributed by atoms with E-state index in [0.29, 0.717) is 17.3 Å². The highest BCUT2D eigenvalue weighted by Crippen LogP contribution is 2.12. The van der Waals surface area contributed by atoms with Crippen molar-refractivity contribution in [2.75, 3.05) is 5.32 Å². The van der Waals surface area contributed by atoms with Gasteiger partial charge in [0.25, 0.3) is 5.91 Å². The van der Waals surface area contributed by atoms with Gasteiger partial charge in [-0.15, -0.1) is 0 Å². The van der Waals surface area contributed by atoms with Crippen LogP contribution in [0.4, 0.5) is 5.82 Å². The molecule has 114 valence electrons. The standard InChI is InChI=1S/C19H22N2O/c1-4-15-11-12-20-18(13-15)21-19(22)17-9-7-16(8-10-17)6-5-14(2)3/h5-14H,4H2,1-3H3,(H,20,21,22). The van der Waals surface area contributed by atoms with Gasteiger partial charge in [0.2, 0.25) is 0 Å². The van der Waals surface area contributed by atoms with Gasteiger partial charge in [0.15, 0.2) is 0 Å². The van der Waals surface area contributed by atoms with Crippen LogP contribution in [0.5, 0.6) is 0 Å². The third-order valence-electron chi connectivity index (χ3n) is 3.32. The van der Waals surface area contributed by atoms with Crippen LogP contribution in [0.2, 0.25) is 0 Å². The molecule has 2 rings (SSSR count). The number of carbonyl (C=O) groups excluding carboxylic acids is 1. The van der Waals surface area contributed by atoms with Crippen LogP contribution in [0, 0.1) is 5.92 Å². The molecule has 0 fully saturated rings. The highest BCUT2D eigenvalue weighted by molar-refractivity contribution is 6.03. The van der Waals surface area contributed by atoms with Gasteiger partial charge in [-0.1, -0.05) is 45.1 Å². The van der Waals surface area contributed by atoms with E-state index < -0.39 is 0 Å². The van der Waals surface area contributed by atoms with E-state index >= 15 is 0 Å². The molecule has 0 spiro atoms. The fourth-order valence-corrected chi connectivity index (χ4v) is 2.00. The quantitative estimate of drug-likeness (QED) is 0.878. The second kappa shape index (κ2) is 7.55. The molecule has 0 saturated carbocycles. The minimum Gasteiger partial charge on any atom is -0.307 e. The number of aryl methyl sites for hydroxylation is 1. The minimum atomic E-state index is -0.139. The molecule has 0 aliphatic carbocycles. The summed E-state index contributed by atoms with van der Waals surface area (Å²) in [6, 6.07) is 11.4. The maximum Gasteiger partial charge on any atom is 0.256 e. The van der Waals surface area contributed by atoms with E-state index in [2.05, 4.69) is 43.2 Å². The molecule has 0 aliphatic heterocycles. The number of amides is 1. The molecule has 3 nitrogen and oxygen atoms in total. The lowest BCUT2D eigenvalue weighted by atomic mass is 10.1.